The minimum absolute atomic E-state index is 0.0106. The fourth-order valence-corrected chi connectivity index (χ4v) is 3.47. The quantitative estimate of drug-likeness (QED) is 0.796. The van der Waals surface area contributed by atoms with Crippen molar-refractivity contribution in [3.8, 4) is 0 Å². The zero-order chi connectivity index (χ0) is 14.7. The fraction of sp³-hybridized carbons (Fsp3) is 0.538. The van der Waals surface area contributed by atoms with Gasteiger partial charge in [-0.1, -0.05) is 0 Å². The van der Waals surface area contributed by atoms with E-state index in [4.69, 9.17) is 10.5 Å². The van der Waals surface area contributed by atoms with Crippen molar-refractivity contribution in [3.05, 3.63) is 16.0 Å². The van der Waals surface area contributed by atoms with Crippen LogP contribution in [0.2, 0.25) is 0 Å². The molecule has 0 spiro atoms. The Morgan fingerprint density at radius 1 is 1.50 bits per heavy atom. The summed E-state index contributed by atoms with van der Waals surface area (Å²) in [5.74, 6) is -0.356. The Bertz CT molecular complexity index is 527. The second-order valence-corrected chi connectivity index (χ2v) is 5.73. The number of amides is 1. The molecule has 2 rings (SSSR count). The predicted octanol–water partition coefficient (Wildman–Crippen LogP) is 0.611. The molecule has 0 aliphatic carbocycles. The van der Waals surface area contributed by atoms with Gasteiger partial charge in [-0.2, -0.15) is 0 Å². The van der Waals surface area contributed by atoms with Gasteiger partial charge in [0.15, 0.2) is 0 Å². The number of thiophene rings is 1. The van der Waals surface area contributed by atoms with Crippen LogP contribution in [-0.4, -0.2) is 43.5 Å². The van der Waals surface area contributed by atoms with Gasteiger partial charge in [-0.05, 0) is 18.9 Å². The van der Waals surface area contributed by atoms with Crippen LogP contribution in [0.15, 0.2) is 0 Å². The van der Waals surface area contributed by atoms with Crippen LogP contribution in [0.3, 0.4) is 0 Å². The molecule has 3 N–H and O–H groups in total. The summed E-state index contributed by atoms with van der Waals surface area (Å²) in [6.45, 7) is 3.87. The number of fused-ring (bicyclic) bond motifs is 1. The van der Waals surface area contributed by atoms with Gasteiger partial charge >= 0.3 is 5.97 Å². The molecule has 0 saturated carbocycles. The van der Waals surface area contributed by atoms with E-state index in [9.17, 15) is 9.59 Å². The summed E-state index contributed by atoms with van der Waals surface area (Å²) in [4.78, 5) is 26.4. The fourth-order valence-electron chi connectivity index (χ4n) is 2.32. The number of likely N-dealkylation sites (N-methyl/N-ethyl adjacent to an activating group) is 1. The Hall–Kier alpha value is -1.60. The lowest BCUT2D eigenvalue weighted by Crippen LogP contribution is -2.38. The minimum atomic E-state index is -0.345. The largest absolute Gasteiger partial charge is 0.462 e. The average Bonchev–Trinajstić information content (AvgIpc) is 2.74. The molecule has 2 heterocycles. The van der Waals surface area contributed by atoms with Crippen LogP contribution in [0.25, 0.3) is 0 Å². The summed E-state index contributed by atoms with van der Waals surface area (Å²) in [5, 5.41) is 3.12. The van der Waals surface area contributed by atoms with Gasteiger partial charge in [-0.3, -0.25) is 9.69 Å². The molecular weight excluding hydrogens is 278 g/mol. The van der Waals surface area contributed by atoms with E-state index in [1.807, 2.05) is 4.90 Å². The number of hydrogen-bond donors (Lipinski definition) is 2. The zero-order valence-corrected chi connectivity index (χ0v) is 12.5. The van der Waals surface area contributed by atoms with Crippen LogP contribution in [0.5, 0.6) is 0 Å². The van der Waals surface area contributed by atoms with Crippen LogP contribution in [0, 0.1) is 0 Å². The summed E-state index contributed by atoms with van der Waals surface area (Å²) in [7, 11) is 1.62. The van der Waals surface area contributed by atoms with Crippen molar-refractivity contribution >= 4 is 28.2 Å². The van der Waals surface area contributed by atoms with Gasteiger partial charge in [-0.25, -0.2) is 4.79 Å². The molecule has 6 nitrogen and oxygen atoms in total. The summed E-state index contributed by atoms with van der Waals surface area (Å²) < 4.78 is 5.05. The van der Waals surface area contributed by atoms with E-state index in [0.29, 0.717) is 36.7 Å². The first-order valence-corrected chi connectivity index (χ1v) is 7.38. The van der Waals surface area contributed by atoms with Crippen molar-refractivity contribution < 1.29 is 14.3 Å². The molecule has 20 heavy (non-hydrogen) atoms. The summed E-state index contributed by atoms with van der Waals surface area (Å²) in [6, 6.07) is 0. The molecule has 0 unspecified atom stereocenters. The molecule has 1 aliphatic rings. The van der Waals surface area contributed by atoms with Gasteiger partial charge in [-0.15, -0.1) is 11.3 Å². The molecule has 0 bridgehead atoms. The van der Waals surface area contributed by atoms with Gasteiger partial charge in [0.25, 0.3) is 0 Å². The highest BCUT2D eigenvalue weighted by atomic mass is 32.1. The lowest BCUT2D eigenvalue weighted by Gasteiger charge is -2.26. The van der Waals surface area contributed by atoms with Crippen LogP contribution in [0.1, 0.15) is 27.7 Å². The van der Waals surface area contributed by atoms with Crippen molar-refractivity contribution in [2.75, 3.05) is 32.5 Å². The number of nitrogens with zero attached hydrogens (tertiary/aromatic N) is 1. The highest BCUT2D eigenvalue weighted by Crippen LogP contribution is 2.35. The normalized spacial score (nSPS) is 14.7. The number of carbonyl (C=O) groups excluding carboxylic acids is 2. The molecule has 0 atom stereocenters. The molecule has 0 saturated heterocycles. The monoisotopic (exact) mass is 297 g/mol. The Morgan fingerprint density at radius 3 is 2.90 bits per heavy atom. The molecule has 1 aromatic heterocycles. The number of esters is 1. The lowest BCUT2D eigenvalue weighted by atomic mass is 10.0. The summed E-state index contributed by atoms with van der Waals surface area (Å²) in [5.41, 5.74) is 7.45. The number of nitrogens with one attached hydrogen (secondary N) is 1. The van der Waals surface area contributed by atoms with E-state index in [0.717, 1.165) is 17.0 Å². The topological polar surface area (TPSA) is 84.7 Å². The van der Waals surface area contributed by atoms with E-state index in [-0.39, 0.29) is 11.9 Å². The van der Waals surface area contributed by atoms with E-state index >= 15 is 0 Å². The SMILES string of the molecule is CCOC(=O)c1c(N)sc2c1CCN(CC(=O)NC)C2. The van der Waals surface area contributed by atoms with E-state index in [1.165, 1.54) is 11.3 Å². The Morgan fingerprint density at radius 2 is 2.25 bits per heavy atom. The first-order chi connectivity index (χ1) is 9.56. The molecule has 1 aromatic rings. The van der Waals surface area contributed by atoms with Crippen molar-refractivity contribution in [1.82, 2.24) is 10.2 Å². The molecule has 7 heteroatoms. The summed E-state index contributed by atoms with van der Waals surface area (Å²) in [6.07, 6.45) is 0.716. The lowest BCUT2D eigenvalue weighted by molar-refractivity contribution is -0.121. The van der Waals surface area contributed by atoms with E-state index in [1.54, 1.807) is 14.0 Å². The van der Waals surface area contributed by atoms with Crippen molar-refractivity contribution in [3.63, 3.8) is 0 Å². The van der Waals surface area contributed by atoms with Gasteiger partial charge in [0.1, 0.15) is 5.00 Å². The molecule has 1 amide bonds. The van der Waals surface area contributed by atoms with Crippen LogP contribution < -0.4 is 11.1 Å². The first kappa shape index (κ1) is 14.8. The Kier molecular flexibility index (Phi) is 4.61. The third kappa shape index (κ3) is 2.94. The Labute approximate surface area is 121 Å². The molecule has 1 aliphatic heterocycles. The van der Waals surface area contributed by atoms with Crippen LogP contribution >= 0.6 is 11.3 Å². The number of anilines is 1. The predicted molar refractivity (Wildman–Crippen MR) is 77.7 cm³/mol. The molecule has 0 fully saturated rings. The number of nitrogen functional groups attached to an aromatic ring is 1. The third-order valence-electron chi connectivity index (χ3n) is 3.29. The highest BCUT2D eigenvalue weighted by Gasteiger charge is 2.28. The van der Waals surface area contributed by atoms with E-state index < -0.39 is 0 Å². The van der Waals surface area contributed by atoms with Gasteiger partial charge in [0.05, 0.1) is 18.7 Å². The first-order valence-electron chi connectivity index (χ1n) is 6.56. The van der Waals surface area contributed by atoms with Gasteiger partial charge in [0.2, 0.25) is 5.91 Å². The number of carbonyl (C=O) groups is 2. The summed E-state index contributed by atoms with van der Waals surface area (Å²) >= 11 is 1.41. The highest BCUT2D eigenvalue weighted by molar-refractivity contribution is 7.16. The van der Waals surface area contributed by atoms with Crippen molar-refractivity contribution in [2.24, 2.45) is 0 Å². The maximum absolute atomic E-state index is 11.9. The van der Waals surface area contributed by atoms with Crippen LogP contribution in [0.4, 0.5) is 5.00 Å². The number of rotatable bonds is 4. The standard InChI is InChI=1S/C13H19N3O3S/c1-3-19-13(18)11-8-4-5-16(7-10(17)15-2)6-9(8)20-12(11)14/h3-7,14H2,1-2H3,(H,15,17). The Balaban J connectivity index is 2.17. The number of hydrogen-bond acceptors (Lipinski definition) is 6. The van der Waals surface area contributed by atoms with Crippen LogP contribution in [-0.2, 0) is 22.5 Å². The minimum Gasteiger partial charge on any atom is -0.462 e. The number of nitrogens with two attached hydrogens (primary N) is 1. The molecule has 0 aromatic carbocycles. The van der Waals surface area contributed by atoms with Gasteiger partial charge < -0.3 is 15.8 Å². The molecule has 0 radical (unpaired) electrons. The zero-order valence-electron chi connectivity index (χ0n) is 11.7. The molecular formula is C13H19N3O3S. The third-order valence-corrected chi connectivity index (χ3v) is 4.33. The van der Waals surface area contributed by atoms with Crippen molar-refractivity contribution in [1.29, 1.82) is 0 Å². The average molecular weight is 297 g/mol. The molecule has 110 valence electrons. The second kappa shape index (κ2) is 6.23. The maximum atomic E-state index is 11.9. The van der Waals surface area contributed by atoms with Gasteiger partial charge in [0, 0.05) is 25.0 Å². The second-order valence-electron chi connectivity index (χ2n) is 4.60. The van der Waals surface area contributed by atoms with E-state index in [2.05, 4.69) is 5.32 Å². The smallest absolute Gasteiger partial charge is 0.341 e. The number of ether oxygens (including phenoxy) is 1. The van der Waals surface area contributed by atoms with Crippen molar-refractivity contribution in [2.45, 2.75) is 19.9 Å². The maximum Gasteiger partial charge on any atom is 0.341 e.